The Labute approximate surface area is 118 Å². The molecule has 1 fully saturated rings. The number of ketones is 1. The highest BCUT2D eigenvalue weighted by Gasteiger charge is 2.20. The molecule has 0 saturated heterocycles. The van der Waals surface area contributed by atoms with Gasteiger partial charge in [-0.1, -0.05) is 37.3 Å². The lowest BCUT2D eigenvalue weighted by Gasteiger charge is -2.26. The highest BCUT2D eigenvalue weighted by atomic mass is 35.5. The van der Waals surface area contributed by atoms with Crippen LogP contribution in [0.2, 0.25) is 4.34 Å². The van der Waals surface area contributed by atoms with Gasteiger partial charge in [-0.25, -0.2) is 0 Å². The van der Waals surface area contributed by atoms with E-state index in [1.54, 1.807) is 6.07 Å². The zero-order valence-electron chi connectivity index (χ0n) is 10.8. The Morgan fingerprint density at radius 1 is 1.33 bits per heavy atom. The predicted molar refractivity (Wildman–Crippen MR) is 77.8 cm³/mol. The topological polar surface area (TPSA) is 20.3 Å². The molecule has 1 aliphatic rings. The number of thiophene rings is 1. The second-order valence-electron chi connectivity index (χ2n) is 5.09. The summed E-state index contributed by atoms with van der Waals surface area (Å²) < 4.78 is 0.690. The lowest BCUT2D eigenvalue weighted by atomic mass is 10.1. The highest BCUT2D eigenvalue weighted by molar-refractivity contribution is 7.18. The molecule has 2 nitrogen and oxygen atoms in total. The number of hydrogen-bond donors (Lipinski definition) is 0. The van der Waals surface area contributed by atoms with Crippen LogP contribution in [0.1, 0.15) is 48.2 Å². The molecule has 0 radical (unpaired) electrons. The molecule has 1 heterocycles. The molecule has 100 valence electrons. The molecular weight excluding hydrogens is 266 g/mol. The maximum Gasteiger partial charge on any atom is 0.186 e. The summed E-state index contributed by atoms with van der Waals surface area (Å²) in [5.41, 5.74) is 0. The lowest BCUT2D eigenvalue weighted by Crippen LogP contribution is -2.35. The van der Waals surface area contributed by atoms with E-state index in [0.29, 0.717) is 16.9 Å². The van der Waals surface area contributed by atoms with Gasteiger partial charge in [-0.15, -0.1) is 11.3 Å². The third kappa shape index (κ3) is 3.81. The molecule has 18 heavy (non-hydrogen) atoms. The van der Waals surface area contributed by atoms with E-state index in [-0.39, 0.29) is 5.78 Å². The largest absolute Gasteiger partial charge is 0.296 e. The van der Waals surface area contributed by atoms with Crippen molar-refractivity contribution in [1.29, 1.82) is 0 Å². The predicted octanol–water partition coefficient (Wildman–Crippen LogP) is 4.24. The van der Waals surface area contributed by atoms with E-state index >= 15 is 0 Å². The summed E-state index contributed by atoms with van der Waals surface area (Å²) >= 11 is 7.24. The average Bonchev–Trinajstić information content (AvgIpc) is 2.63. The van der Waals surface area contributed by atoms with Crippen LogP contribution in [0.5, 0.6) is 0 Å². The summed E-state index contributed by atoms with van der Waals surface area (Å²) in [7, 11) is 2.07. The molecule has 4 heteroatoms. The van der Waals surface area contributed by atoms with Crippen molar-refractivity contribution >= 4 is 28.7 Å². The number of rotatable bonds is 4. The standard InChI is InChI=1S/C14H20ClNOS/c1-16(11-6-4-2-3-5-7-11)10-12(17)13-8-9-14(15)18-13/h8-9,11H,2-7,10H2,1H3. The van der Waals surface area contributed by atoms with Crippen molar-refractivity contribution in [2.75, 3.05) is 13.6 Å². The quantitative estimate of drug-likeness (QED) is 0.609. The number of Topliss-reactive ketones (excluding diaryl/α,β-unsaturated/α-hetero) is 1. The maximum atomic E-state index is 12.1. The van der Waals surface area contributed by atoms with Gasteiger partial charge in [-0.05, 0) is 32.0 Å². The Balaban J connectivity index is 1.89. The van der Waals surface area contributed by atoms with E-state index in [1.807, 2.05) is 6.07 Å². The number of halogens is 1. The molecule has 0 spiro atoms. The van der Waals surface area contributed by atoms with Gasteiger partial charge in [-0.3, -0.25) is 9.69 Å². The summed E-state index contributed by atoms with van der Waals surface area (Å²) in [6, 6.07) is 4.20. The number of likely N-dealkylation sites (N-methyl/N-ethyl adjacent to an activating group) is 1. The molecule has 0 atom stereocenters. The van der Waals surface area contributed by atoms with Crippen molar-refractivity contribution in [3.8, 4) is 0 Å². The van der Waals surface area contributed by atoms with Crippen molar-refractivity contribution in [2.45, 2.75) is 44.6 Å². The first-order valence-electron chi connectivity index (χ1n) is 6.65. The fraction of sp³-hybridized carbons (Fsp3) is 0.643. The Morgan fingerprint density at radius 2 is 2.00 bits per heavy atom. The summed E-state index contributed by atoms with van der Waals surface area (Å²) in [5, 5.41) is 0. The van der Waals surface area contributed by atoms with Gasteiger partial charge in [0.1, 0.15) is 0 Å². The van der Waals surface area contributed by atoms with Gasteiger partial charge in [-0.2, -0.15) is 0 Å². The van der Waals surface area contributed by atoms with Crippen LogP contribution >= 0.6 is 22.9 Å². The van der Waals surface area contributed by atoms with Gasteiger partial charge in [0.05, 0.1) is 15.8 Å². The molecule has 0 unspecified atom stereocenters. The molecule has 2 rings (SSSR count). The van der Waals surface area contributed by atoms with Gasteiger partial charge in [0, 0.05) is 6.04 Å². The third-order valence-electron chi connectivity index (χ3n) is 3.69. The molecule has 1 saturated carbocycles. The Bertz CT molecular complexity index is 396. The molecular formula is C14H20ClNOS. The van der Waals surface area contributed by atoms with Gasteiger partial charge in [0.2, 0.25) is 0 Å². The van der Waals surface area contributed by atoms with Crippen molar-refractivity contribution < 1.29 is 4.79 Å². The van der Waals surface area contributed by atoms with Crippen molar-refractivity contribution in [3.05, 3.63) is 21.3 Å². The van der Waals surface area contributed by atoms with Crippen molar-refractivity contribution in [1.82, 2.24) is 4.90 Å². The zero-order chi connectivity index (χ0) is 13.0. The SMILES string of the molecule is CN(CC(=O)c1ccc(Cl)s1)C1CCCCCC1. The van der Waals surface area contributed by atoms with Crippen LogP contribution in [0.3, 0.4) is 0 Å². The normalized spacial score (nSPS) is 17.9. The summed E-state index contributed by atoms with van der Waals surface area (Å²) in [6.45, 7) is 0.515. The molecule has 1 aromatic rings. The van der Waals surface area contributed by atoms with E-state index in [1.165, 1.54) is 49.9 Å². The number of nitrogens with zero attached hydrogens (tertiary/aromatic N) is 1. The second-order valence-corrected chi connectivity index (χ2v) is 6.80. The van der Waals surface area contributed by atoms with Crippen LogP contribution in [0.15, 0.2) is 12.1 Å². The number of hydrogen-bond acceptors (Lipinski definition) is 3. The molecule has 0 aromatic carbocycles. The minimum atomic E-state index is 0.193. The van der Waals surface area contributed by atoms with Crippen LogP contribution in [-0.2, 0) is 0 Å². The van der Waals surface area contributed by atoms with E-state index in [9.17, 15) is 4.79 Å². The fourth-order valence-electron chi connectivity index (χ4n) is 2.60. The lowest BCUT2D eigenvalue weighted by molar-refractivity contribution is 0.0916. The van der Waals surface area contributed by atoms with Gasteiger partial charge in [0.15, 0.2) is 5.78 Å². The van der Waals surface area contributed by atoms with E-state index < -0.39 is 0 Å². The van der Waals surface area contributed by atoms with Gasteiger partial charge in [0.25, 0.3) is 0 Å². The maximum absolute atomic E-state index is 12.1. The summed E-state index contributed by atoms with van der Waals surface area (Å²) in [4.78, 5) is 15.1. The monoisotopic (exact) mass is 285 g/mol. The highest BCUT2D eigenvalue weighted by Crippen LogP contribution is 2.24. The molecule has 0 bridgehead atoms. The van der Waals surface area contributed by atoms with Crippen LogP contribution in [-0.4, -0.2) is 30.3 Å². The summed E-state index contributed by atoms with van der Waals surface area (Å²) in [5.74, 6) is 0.193. The molecule has 1 aliphatic carbocycles. The third-order valence-corrected chi connectivity index (χ3v) is 4.96. The smallest absolute Gasteiger partial charge is 0.186 e. The van der Waals surface area contributed by atoms with Crippen LogP contribution in [0, 0.1) is 0 Å². The molecule has 0 N–H and O–H groups in total. The fourth-order valence-corrected chi connectivity index (χ4v) is 3.57. The first kappa shape index (κ1) is 14.0. The molecule has 1 aromatic heterocycles. The molecule has 0 aliphatic heterocycles. The van der Waals surface area contributed by atoms with Crippen LogP contribution in [0.25, 0.3) is 0 Å². The minimum absolute atomic E-state index is 0.193. The van der Waals surface area contributed by atoms with Gasteiger partial charge >= 0.3 is 0 Å². The number of carbonyl (C=O) groups excluding carboxylic acids is 1. The Hall–Kier alpha value is -0.380. The first-order chi connectivity index (χ1) is 8.66. The van der Waals surface area contributed by atoms with Crippen molar-refractivity contribution in [2.24, 2.45) is 0 Å². The Kier molecular flexibility index (Phi) is 5.22. The second kappa shape index (κ2) is 6.69. The van der Waals surface area contributed by atoms with E-state index in [2.05, 4.69) is 11.9 Å². The summed E-state index contributed by atoms with van der Waals surface area (Å²) in [6.07, 6.45) is 7.75. The average molecular weight is 286 g/mol. The van der Waals surface area contributed by atoms with Crippen LogP contribution in [0.4, 0.5) is 0 Å². The Morgan fingerprint density at radius 3 is 2.56 bits per heavy atom. The van der Waals surface area contributed by atoms with Crippen molar-refractivity contribution in [3.63, 3.8) is 0 Å². The zero-order valence-corrected chi connectivity index (χ0v) is 12.4. The number of carbonyl (C=O) groups is 1. The van der Waals surface area contributed by atoms with Gasteiger partial charge < -0.3 is 0 Å². The first-order valence-corrected chi connectivity index (χ1v) is 7.85. The van der Waals surface area contributed by atoms with Crippen LogP contribution < -0.4 is 0 Å². The van der Waals surface area contributed by atoms with E-state index in [0.717, 1.165) is 4.88 Å². The minimum Gasteiger partial charge on any atom is -0.296 e. The van der Waals surface area contributed by atoms with E-state index in [4.69, 9.17) is 11.6 Å². The molecule has 0 amide bonds.